The summed E-state index contributed by atoms with van der Waals surface area (Å²) in [7, 11) is 0. The van der Waals surface area contributed by atoms with Crippen molar-refractivity contribution in [1.29, 1.82) is 0 Å². The molecule has 0 spiro atoms. The molecular formula is C17H17N3O3S. The molecule has 1 aromatic heterocycles. The van der Waals surface area contributed by atoms with Crippen molar-refractivity contribution in [3.63, 3.8) is 0 Å². The van der Waals surface area contributed by atoms with Crippen molar-refractivity contribution >= 4 is 29.1 Å². The second-order valence-corrected chi connectivity index (χ2v) is 6.87. The average Bonchev–Trinajstić information content (AvgIpc) is 2.99. The molecule has 0 saturated heterocycles. The number of amides is 3. The molecule has 2 aromatic rings. The van der Waals surface area contributed by atoms with Crippen molar-refractivity contribution in [3.8, 4) is 0 Å². The van der Waals surface area contributed by atoms with Gasteiger partial charge in [-0.15, -0.1) is 11.3 Å². The monoisotopic (exact) mass is 343 g/mol. The van der Waals surface area contributed by atoms with Crippen LogP contribution in [0.1, 0.15) is 36.3 Å². The first kappa shape index (κ1) is 16.3. The fraction of sp³-hybridized carbons (Fsp3) is 0.294. The summed E-state index contributed by atoms with van der Waals surface area (Å²) in [5.41, 5.74) is 1.68. The van der Waals surface area contributed by atoms with Gasteiger partial charge >= 0.3 is 0 Å². The Bertz CT molecular complexity index is 793. The predicted octanol–water partition coefficient (Wildman–Crippen LogP) is 1.71. The second-order valence-electron chi connectivity index (χ2n) is 5.58. The molecule has 1 aliphatic heterocycles. The van der Waals surface area contributed by atoms with Crippen molar-refractivity contribution in [3.05, 3.63) is 51.0 Å². The van der Waals surface area contributed by atoms with E-state index in [1.165, 1.54) is 0 Å². The second kappa shape index (κ2) is 6.52. The van der Waals surface area contributed by atoms with Crippen LogP contribution in [0.15, 0.2) is 24.3 Å². The predicted molar refractivity (Wildman–Crippen MR) is 90.1 cm³/mol. The highest BCUT2D eigenvalue weighted by Gasteiger charge is 2.36. The van der Waals surface area contributed by atoms with Crippen molar-refractivity contribution < 1.29 is 14.4 Å². The third-order valence-corrected chi connectivity index (χ3v) is 4.99. The number of aromatic nitrogens is 1. The molecule has 0 saturated carbocycles. The van der Waals surface area contributed by atoms with Gasteiger partial charge in [0.2, 0.25) is 5.91 Å². The van der Waals surface area contributed by atoms with Gasteiger partial charge in [0.15, 0.2) is 0 Å². The number of fused-ring (bicyclic) bond motifs is 1. The zero-order valence-corrected chi connectivity index (χ0v) is 14.3. The fourth-order valence-electron chi connectivity index (χ4n) is 2.70. The summed E-state index contributed by atoms with van der Waals surface area (Å²) in [5, 5.41) is 3.76. The SMILES string of the molecule is Cc1nc(C)c(CCNC(=O)CN2C(=O)c3ccccc3C2=O)s1. The quantitative estimate of drug-likeness (QED) is 0.838. The van der Waals surface area contributed by atoms with E-state index in [1.807, 2.05) is 13.8 Å². The first-order chi connectivity index (χ1) is 11.5. The minimum absolute atomic E-state index is 0.257. The zero-order chi connectivity index (χ0) is 17.3. The van der Waals surface area contributed by atoms with Gasteiger partial charge in [-0.05, 0) is 26.0 Å². The van der Waals surface area contributed by atoms with E-state index >= 15 is 0 Å². The zero-order valence-electron chi connectivity index (χ0n) is 13.5. The van der Waals surface area contributed by atoms with Gasteiger partial charge in [0.25, 0.3) is 11.8 Å². The number of benzene rings is 1. The van der Waals surface area contributed by atoms with E-state index in [9.17, 15) is 14.4 Å². The molecule has 0 aliphatic carbocycles. The molecule has 24 heavy (non-hydrogen) atoms. The van der Waals surface area contributed by atoms with Gasteiger partial charge in [0.05, 0.1) is 21.8 Å². The maximum atomic E-state index is 12.2. The highest BCUT2D eigenvalue weighted by atomic mass is 32.1. The standard InChI is InChI=1S/C17H17N3O3S/c1-10-14(24-11(2)19-10)7-8-18-15(21)9-20-16(22)12-5-3-4-6-13(12)17(20)23/h3-6H,7-9H2,1-2H3,(H,18,21). The van der Waals surface area contributed by atoms with E-state index in [0.717, 1.165) is 20.5 Å². The van der Waals surface area contributed by atoms with E-state index in [0.29, 0.717) is 24.1 Å². The molecular weight excluding hydrogens is 326 g/mol. The lowest BCUT2D eigenvalue weighted by molar-refractivity contribution is -0.121. The third-order valence-electron chi connectivity index (χ3n) is 3.85. The maximum absolute atomic E-state index is 12.2. The van der Waals surface area contributed by atoms with Crippen LogP contribution in [0.4, 0.5) is 0 Å². The Balaban J connectivity index is 1.55. The molecule has 0 radical (unpaired) electrons. The van der Waals surface area contributed by atoms with E-state index in [1.54, 1.807) is 35.6 Å². The largest absolute Gasteiger partial charge is 0.354 e. The van der Waals surface area contributed by atoms with Gasteiger partial charge in [-0.1, -0.05) is 12.1 Å². The number of nitrogens with zero attached hydrogens (tertiary/aromatic N) is 2. The number of aryl methyl sites for hydroxylation is 2. The van der Waals surface area contributed by atoms with Gasteiger partial charge in [-0.2, -0.15) is 0 Å². The van der Waals surface area contributed by atoms with Crippen LogP contribution in [-0.2, 0) is 11.2 Å². The van der Waals surface area contributed by atoms with Crippen molar-refractivity contribution in [2.75, 3.05) is 13.1 Å². The molecule has 1 aromatic carbocycles. The van der Waals surface area contributed by atoms with Crippen LogP contribution in [0.5, 0.6) is 0 Å². The van der Waals surface area contributed by atoms with Gasteiger partial charge in [-0.25, -0.2) is 4.98 Å². The Morgan fingerprint density at radius 3 is 2.33 bits per heavy atom. The number of thiazole rings is 1. The van der Waals surface area contributed by atoms with Crippen LogP contribution >= 0.6 is 11.3 Å². The molecule has 1 N–H and O–H groups in total. The summed E-state index contributed by atoms with van der Waals surface area (Å²) in [4.78, 5) is 42.9. The van der Waals surface area contributed by atoms with Crippen molar-refractivity contribution in [2.24, 2.45) is 0 Å². The summed E-state index contributed by atoms with van der Waals surface area (Å²) in [6, 6.07) is 6.60. The number of hydrogen-bond acceptors (Lipinski definition) is 5. The first-order valence-electron chi connectivity index (χ1n) is 7.62. The van der Waals surface area contributed by atoms with Crippen LogP contribution in [0.2, 0.25) is 0 Å². The van der Waals surface area contributed by atoms with Gasteiger partial charge in [-0.3, -0.25) is 19.3 Å². The highest BCUT2D eigenvalue weighted by Crippen LogP contribution is 2.22. The van der Waals surface area contributed by atoms with E-state index in [2.05, 4.69) is 10.3 Å². The minimum Gasteiger partial charge on any atom is -0.354 e. The van der Waals surface area contributed by atoms with Crippen LogP contribution in [0, 0.1) is 13.8 Å². The van der Waals surface area contributed by atoms with Crippen LogP contribution in [0.3, 0.4) is 0 Å². The normalized spacial score (nSPS) is 13.3. The Morgan fingerprint density at radius 2 is 1.79 bits per heavy atom. The third kappa shape index (κ3) is 3.07. The average molecular weight is 343 g/mol. The Labute approximate surface area is 143 Å². The molecule has 3 rings (SSSR count). The Morgan fingerprint density at radius 1 is 1.17 bits per heavy atom. The first-order valence-corrected chi connectivity index (χ1v) is 8.44. The van der Waals surface area contributed by atoms with Crippen molar-refractivity contribution in [1.82, 2.24) is 15.2 Å². The van der Waals surface area contributed by atoms with Crippen LogP contribution < -0.4 is 5.32 Å². The van der Waals surface area contributed by atoms with Crippen molar-refractivity contribution in [2.45, 2.75) is 20.3 Å². The molecule has 3 amide bonds. The molecule has 0 unspecified atom stereocenters. The summed E-state index contributed by atoms with van der Waals surface area (Å²) in [6.07, 6.45) is 0.686. The molecule has 2 heterocycles. The Hall–Kier alpha value is -2.54. The minimum atomic E-state index is -0.417. The number of hydrogen-bond donors (Lipinski definition) is 1. The maximum Gasteiger partial charge on any atom is 0.262 e. The van der Waals surface area contributed by atoms with Gasteiger partial charge in [0, 0.05) is 17.8 Å². The number of rotatable bonds is 5. The van der Waals surface area contributed by atoms with Crippen LogP contribution in [-0.4, -0.2) is 40.7 Å². The van der Waals surface area contributed by atoms with E-state index in [4.69, 9.17) is 0 Å². The Kier molecular flexibility index (Phi) is 4.44. The number of nitrogens with one attached hydrogen (secondary N) is 1. The fourth-order valence-corrected chi connectivity index (χ4v) is 3.64. The lowest BCUT2D eigenvalue weighted by atomic mass is 10.1. The summed E-state index contributed by atoms with van der Waals surface area (Å²) in [6.45, 7) is 4.08. The number of carbonyl (C=O) groups excluding carboxylic acids is 3. The summed E-state index contributed by atoms with van der Waals surface area (Å²) < 4.78 is 0. The van der Waals surface area contributed by atoms with Gasteiger partial charge in [0.1, 0.15) is 6.54 Å². The molecule has 1 aliphatic rings. The molecule has 0 fully saturated rings. The lowest BCUT2D eigenvalue weighted by Crippen LogP contribution is -2.40. The van der Waals surface area contributed by atoms with E-state index in [-0.39, 0.29) is 12.5 Å². The lowest BCUT2D eigenvalue weighted by Gasteiger charge is -2.13. The molecule has 7 heteroatoms. The molecule has 6 nitrogen and oxygen atoms in total. The van der Waals surface area contributed by atoms with Crippen LogP contribution in [0.25, 0.3) is 0 Å². The smallest absolute Gasteiger partial charge is 0.262 e. The number of carbonyl (C=O) groups is 3. The summed E-state index contributed by atoms with van der Waals surface area (Å²) >= 11 is 1.61. The topological polar surface area (TPSA) is 79.4 Å². The molecule has 0 bridgehead atoms. The van der Waals surface area contributed by atoms with E-state index < -0.39 is 11.8 Å². The summed E-state index contributed by atoms with van der Waals surface area (Å²) in [5.74, 6) is -1.18. The highest BCUT2D eigenvalue weighted by molar-refractivity contribution is 7.11. The molecule has 0 atom stereocenters. The number of imide groups is 1. The van der Waals surface area contributed by atoms with Gasteiger partial charge < -0.3 is 5.32 Å². The molecule has 124 valence electrons.